The smallest absolute Gasteiger partial charge is 0.227 e. The van der Waals surface area contributed by atoms with E-state index in [1.54, 1.807) is 0 Å². The Kier molecular flexibility index (Phi) is 3.40. The number of ether oxygens (including phenoxy) is 1. The number of rotatable bonds is 3. The van der Waals surface area contributed by atoms with Crippen LogP contribution in [0.5, 0.6) is 0 Å². The average Bonchev–Trinajstić information content (AvgIpc) is 2.81. The van der Waals surface area contributed by atoms with E-state index < -0.39 is 0 Å². The number of aromatic nitrogens is 2. The van der Waals surface area contributed by atoms with Crippen LogP contribution in [0.2, 0.25) is 0 Å². The van der Waals surface area contributed by atoms with Gasteiger partial charge in [-0.2, -0.15) is 10.2 Å². The molecule has 6 heteroatoms. The summed E-state index contributed by atoms with van der Waals surface area (Å²) in [6.07, 6.45) is 2.52. The van der Waals surface area contributed by atoms with E-state index in [9.17, 15) is 0 Å². The minimum atomic E-state index is 0.229. The standard InChI is InChI=1S/C11H15N5O/c1-16(6-8-2-3-17-7-8)11-14-5-9(4-12)10(13)15-11/h5,8H,2-3,6-7H2,1H3,(H2,13,14,15)/t8-/m1/s1. The SMILES string of the molecule is CN(C[C@H]1CCOC1)c1ncc(C#N)c(N)n1. The van der Waals surface area contributed by atoms with Gasteiger partial charge in [0.2, 0.25) is 5.95 Å². The molecular formula is C11H15N5O. The van der Waals surface area contributed by atoms with Crippen LogP contribution in [0, 0.1) is 17.2 Å². The highest BCUT2D eigenvalue weighted by molar-refractivity contribution is 5.50. The molecule has 1 saturated heterocycles. The molecule has 0 saturated carbocycles. The first-order chi connectivity index (χ1) is 8.20. The maximum atomic E-state index is 8.74. The Morgan fingerprint density at radius 1 is 1.71 bits per heavy atom. The van der Waals surface area contributed by atoms with E-state index in [4.69, 9.17) is 15.7 Å². The molecule has 1 fully saturated rings. The van der Waals surface area contributed by atoms with E-state index in [0.717, 1.165) is 26.2 Å². The summed E-state index contributed by atoms with van der Waals surface area (Å²) in [6.45, 7) is 2.45. The third-order valence-corrected chi connectivity index (χ3v) is 2.82. The van der Waals surface area contributed by atoms with Crippen LogP contribution in [-0.4, -0.2) is 36.8 Å². The van der Waals surface area contributed by atoms with Crippen molar-refractivity contribution >= 4 is 11.8 Å². The molecule has 2 rings (SSSR count). The van der Waals surface area contributed by atoms with Crippen molar-refractivity contribution in [1.82, 2.24) is 9.97 Å². The van der Waals surface area contributed by atoms with Crippen molar-refractivity contribution in [3.8, 4) is 6.07 Å². The van der Waals surface area contributed by atoms with Crippen LogP contribution in [0.1, 0.15) is 12.0 Å². The third kappa shape index (κ3) is 2.63. The molecule has 6 nitrogen and oxygen atoms in total. The van der Waals surface area contributed by atoms with E-state index in [-0.39, 0.29) is 5.82 Å². The Morgan fingerprint density at radius 3 is 3.12 bits per heavy atom. The van der Waals surface area contributed by atoms with Crippen LogP contribution < -0.4 is 10.6 Å². The molecule has 1 aromatic heterocycles. The molecule has 0 unspecified atom stereocenters. The van der Waals surface area contributed by atoms with Gasteiger partial charge in [-0.15, -0.1) is 0 Å². The van der Waals surface area contributed by atoms with Gasteiger partial charge in [-0.3, -0.25) is 0 Å². The summed E-state index contributed by atoms with van der Waals surface area (Å²) in [5, 5.41) is 8.74. The minimum Gasteiger partial charge on any atom is -0.382 e. The molecule has 2 heterocycles. The summed E-state index contributed by atoms with van der Waals surface area (Å²) in [7, 11) is 1.92. The molecule has 0 aromatic carbocycles. The molecule has 0 bridgehead atoms. The molecule has 0 spiro atoms. The molecular weight excluding hydrogens is 218 g/mol. The summed E-state index contributed by atoms with van der Waals surface area (Å²) in [6, 6.07) is 1.95. The quantitative estimate of drug-likeness (QED) is 0.813. The van der Waals surface area contributed by atoms with E-state index in [1.165, 1.54) is 6.20 Å². The molecule has 17 heavy (non-hydrogen) atoms. The fourth-order valence-electron chi connectivity index (χ4n) is 1.85. The maximum absolute atomic E-state index is 8.74. The van der Waals surface area contributed by atoms with Crippen LogP contribution in [0.3, 0.4) is 0 Å². The first kappa shape index (κ1) is 11.6. The first-order valence-corrected chi connectivity index (χ1v) is 5.52. The predicted octanol–water partition coefficient (Wildman–Crippen LogP) is 0.403. The third-order valence-electron chi connectivity index (χ3n) is 2.82. The number of nitrogen functional groups attached to an aromatic ring is 1. The number of nitrogens with zero attached hydrogens (tertiary/aromatic N) is 4. The highest BCUT2D eigenvalue weighted by atomic mass is 16.5. The summed E-state index contributed by atoms with van der Waals surface area (Å²) in [5.74, 6) is 1.29. The van der Waals surface area contributed by atoms with Crippen molar-refractivity contribution < 1.29 is 4.74 Å². The lowest BCUT2D eigenvalue weighted by molar-refractivity contribution is 0.186. The number of hydrogen-bond acceptors (Lipinski definition) is 6. The van der Waals surface area contributed by atoms with E-state index in [2.05, 4.69) is 9.97 Å². The van der Waals surface area contributed by atoms with Crippen molar-refractivity contribution in [2.45, 2.75) is 6.42 Å². The lowest BCUT2D eigenvalue weighted by Gasteiger charge is -2.20. The van der Waals surface area contributed by atoms with Gasteiger partial charge >= 0.3 is 0 Å². The van der Waals surface area contributed by atoms with Crippen LogP contribution >= 0.6 is 0 Å². The summed E-state index contributed by atoms with van der Waals surface area (Å²) in [4.78, 5) is 10.2. The fourth-order valence-corrected chi connectivity index (χ4v) is 1.85. The fraction of sp³-hybridized carbons (Fsp3) is 0.545. The molecule has 1 aliphatic heterocycles. The van der Waals surface area contributed by atoms with Gasteiger partial charge in [-0.05, 0) is 6.42 Å². The molecule has 0 amide bonds. The van der Waals surface area contributed by atoms with Crippen LogP contribution in [-0.2, 0) is 4.74 Å². The Balaban J connectivity index is 2.06. The van der Waals surface area contributed by atoms with Crippen molar-refractivity contribution in [3.63, 3.8) is 0 Å². The Labute approximate surface area is 100 Å². The van der Waals surface area contributed by atoms with Crippen LogP contribution in [0.4, 0.5) is 11.8 Å². The largest absolute Gasteiger partial charge is 0.382 e. The summed E-state index contributed by atoms with van der Waals surface area (Å²) < 4.78 is 5.32. The average molecular weight is 233 g/mol. The van der Waals surface area contributed by atoms with Gasteiger partial charge in [0.25, 0.3) is 0 Å². The number of anilines is 2. The van der Waals surface area contributed by atoms with Crippen molar-refractivity contribution in [2.75, 3.05) is 37.4 Å². The molecule has 1 aliphatic rings. The molecule has 0 radical (unpaired) electrons. The Bertz CT molecular complexity index is 436. The van der Waals surface area contributed by atoms with Crippen LogP contribution in [0.25, 0.3) is 0 Å². The summed E-state index contributed by atoms with van der Waals surface area (Å²) >= 11 is 0. The lowest BCUT2D eigenvalue weighted by atomic mass is 10.1. The van der Waals surface area contributed by atoms with Gasteiger partial charge in [0.1, 0.15) is 17.5 Å². The zero-order chi connectivity index (χ0) is 12.3. The Hall–Kier alpha value is -1.87. The van der Waals surface area contributed by atoms with Gasteiger partial charge in [0.05, 0.1) is 12.8 Å². The highest BCUT2D eigenvalue weighted by Crippen LogP contribution is 2.17. The molecule has 90 valence electrons. The molecule has 1 aromatic rings. The van der Waals surface area contributed by atoms with Crippen LogP contribution in [0.15, 0.2) is 6.20 Å². The normalized spacial score (nSPS) is 18.9. The molecule has 2 N–H and O–H groups in total. The molecule has 0 aliphatic carbocycles. The van der Waals surface area contributed by atoms with Gasteiger partial charge in [-0.1, -0.05) is 0 Å². The van der Waals surface area contributed by atoms with Gasteiger partial charge in [-0.25, -0.2) is 4.98 Å². The molecule has 1 atom stereocenters. The van der Waals surface area contributed by atoms with Gasteiger partial charge in [0, 0.05) is 26.1 Å². The monoisotopic (exact) mass is 233 g/mol. The second-order valence-electron chi connectivity index (χ2n) is 4.19. The van der Waals surface area contributed by atoms with E-state index >= 15 is 0 Å². The van der Waals surface area contributed by atoms with Crippen molar-refractivity contribution in [3.05, 3.63) is 11.8 Å². The zero-order valence-corrected chi connectivity index (χ0v) is 9.76. The Morgan fingerprint density at radius 2 is 2.53 bits per heavy atom. The number of hydrogen-bond donors (Lipinski definition) is 1. The van der Waals surface area contributed by atoms with E-state index in [1.807, 2.05) is 18.0 Å². The van der Waals surface area contributed by atoms with Crippen molar-refractivity contribution in [1.29, 1.82) is 5.26 Å². The first-order valence-electron chi connectivity index (χ1n) is 5.52. The maximum Gasteiger partial charge on any atom is 0.227 e. The van der Waals surface area contributed by atoms with Gasteiger partial charge < -0.3 is 15.4 Å². The predicted molar refractivity (Wildman–Crippen MR) is 63.4 cm³/mol. The number of nitrogens with two attached hydrogens (primary N) is 1. The van der Waals surface area contributed by atoms with E-state index in [0.29, 0.717) is 17.4 Å². The minimum absolute atomic E-state index is 0.229. The number of nitriles is 1. The highest BCUT2D eigenvalue weighted by Gasteiger charge is 2.19. The zero-order valence-electron chi connectivity index (χ0n) is 9.76. The topological polar surface area (TPSA) is 88.1 Å². The van der Waals surface area contributed by atoms with Crippen molar-refractivity contribution in [2.24, 2.45) is 5.92 Å². The second kappa shape index (κ2) is 4.97. The summed E-state index contributed by atoms with van der Waals surface area (Å²) in [5.41, 5.74) is 5.96. The lowest BCUT2D eigenvalue weighted by Crippen LogP contribution is -2.27. The second-order valence-corrected chi connectivity index (χ2v) is 4.19. The van der Waals surface area contributed by atoms with Gasteiger partial charge in [0.15, 0.2) is 0 Å².